The third-order valence-corrected chi connectivity index (χ3v) is 2.64. The van der Waals surface area contributed by atoms with Crippen molar-refractivity contribution in [2.75, 3.05) is 0 Å². The van der Waals surface area contributed by atoms with Crippen LogP contribution in [0.25, 0.3) is 17.1 Å². The first-order chi connectivity index (χ1) is 7.27. The Bertz CT molecular complexity index is 497. The van der Waals surface area contributed by atoms with Gasteiger partial charge in [0, 0.05) is 6.54 Å². The first-order valence-electron chi connectivity index (χ1n) is 5.23. The molecule has 2 aromatic rings. The lowest BCUT2D eigenvalue weighted by Gasteiger charge is -2.02. The second kappa shape index (κ2) is 3.85. The summed E-state index contributed by atoms with van der Waals surface area (Å²) in [4.78, 5) is 0. The number of aromatic nitrogens is 3. The average molecular weight is 201 g/mol. The number of hydrogen-bond donors (Lipinski definition) is 0. The molecule has 0 aliphatic carbocycles. The van der Waals surface area contributed by atoms with Crippen molar-refractivity contribution in [3.63, 3.8) is 0 Å². The molecular formula is C12H15N3. The molecule has 0 aliphatic heterocycles. The highest BCUT2D eigenvalue weighted by atomic mass is 15.4. The fourth-order valence-corrected chi connectivity index (χ4v) is 1.78. The van der Waals surface area contributed by atoms with Crippen molar-refractivity contribution >= 4 is 17.1 Å². The Morgan fingerprint density at radius 3 is 2.93 bits per heavy atom. The number of fused-ring (bicyclic) bond motifs is 1. The van der Waals surface area contributed by atoms with Crippen molar-refractivity contribution in [3.05, 3.63) is 29.8 Å². The van der Waals surface area contributed by atoms with Gasteiger partial charge in [0.1, 0.15) is 5.52 Å². The predicted molar refractivity (Wildman–Crippen MR) is 62.6 cm³/mol. The van der Waals surface area contributed by atoms with Crippen LogP contribution in [0.5, 0.6) is 0 Å². The third kappa shape index (κ3) is 1.54. The minimum atomic E-state index is 0.920. The number of benzene rings is 1. The Labute approximate surface area is 89.4 Å². The van der Waals surface area contributed by atoms with Gasteiger partial charge in [0.15, 0.2) is 0 Å². The highest BCUT2D eigenvalue weighted by Crippen LogP contribution is 2.20. The molecule has 0 atom stereocenters. The third-order valence-electron chi connectivity index (χ3n) is 2.64. The van der Waals surface area contributed by atoms with E-state index >= 15 is 0 Å². The van der Waals surface area contributed by atoms with Crippen molar-refractivity contribution in [1.82, 2.24) is 15.0 Å². The van der Waals surface area contributed by atoms with Crippen molar-refractivity contribution < 1.29 is 0 Å². The van der Waals surface area contributed by atoms with E-state index in [2.05, 4.69) is 42.9 Å². The molecule has 1 heterocycles. The monoisotopic (exact) mass is 201 g/mol. The van der Waals surface area contributed by atoms with E-state index in [0.717, 1.165) is 35.1 Å². The second-order valence-electron chi connectivity index (χ2n) is 3.66. The highest BCUT2D eigenvalue weighted by molar-refractivity contribution is 5.81. The molecular weight excluding hydrogens is 186 g/mol. The van der Waals surface area contributed by atoms with Gasteiger partial charge in [-0.25, -0.2) is 4.68 Å². The Hall–Kier alpha value is -1.64. The Morgan fingerprint density at radius 1 is 1.47 bits per heavy atom. The van der Waals surface area contributed by atoms with Crippen LogP contribution >= 0.6 is 0 Å². The summed E-state index contributed by atoms with van der Waals surface area (Å²) in [6.07, 6.45) is 2.92. The molecule has 0 spiro atoms. The molecule has 0 saturated carbocycles. The summed E-state index contributed by atoms with van der Waals surface area (Å²) >= 11 is 0. The van der Waals surface area contributed by atoms with E-state index in [0.29, 0.717) is 0 Å². The van der Waals surface area contributed by atoms with E-state index in [1.165, 1.54) is 0 Å². The minimum absolute atomic E-state index is 0.920. The van der Waals surface area contributed by atoms with Crippen LogP contribution in [0.1, 0.15) is 24.5 Å². The van der Waals surface area contributed by atoms with Crippen LogP contribution in [0.3, 0.4) is 0 Å². The molecule has 0 radical (unpaired) electrons. The van der Waals surface area contributed by atoms with Gasteiger partial charge in [-0.15, -0.1) is 5.10 Å². The molecule has 0 amide bonds. The van der Waals surface area contributed by atoms with Gasteiger partial charge in [0.25, 0.3) is 0 Å². The zero-order valence-electron chi connectivity index (χ0n) is 9.20. The summed E-state index contributed by atoms with van der Waals surface area (Å²) in [5, 5.41) is 8.36. The van der Waals surface area contributed by atoms with Gasteiger partial charge in [-0.05, 0) is 30.5 Å². The van der Waals surface area contributed by atoms with Crippen LogP contribution in [-0.2, 0) is 6.54 Å². The van der Waals surface area contributed by atoms with Crippen LogP contribution in [0.4, 0.5) is 0 Å². The molecule has 15 heavy (non-hydrogen) atoms. The van der Waals surface area contributed by atoms with E-state index in [9.17, 15) is 0 Å². The summed E-state index contributed by atoms with van der Waals surface area (Å²) in [5.74, 6) is 0. The Balaban J connectivity index is 2.64. The van der Waals surface area contributed by atoms with Gasteiger partial charge in [0.2, 0.25) is 0 Å². The minimum Gasteiger partial charge on any atom is -0.245 e. The molecule has 0 aliphatic rings. The number of rotatable bonds is 3. The summed E-state index contributed by atoms with van der Waals surface area (Å²) in [7, 11) is 0. The smallest absolute Gasteiger partial charge is 0.116 e. The van der Waals surface area contributed by atoms with Gasteiger partial charge >= 0.3 is 0 Å². The maximum Gasteiger partial charge on any atom is 0.116 e. The molecule has 78 valence electrons. The van der Waals surface area contributed by atoms with Crippen molar-refractivity contribution in [2.24, 2.45) is 0 Å². The molecule has 0 N–H and O–H groups in total. The normalized spacial score (nSPS) is 10.8. The number of nitrogens with zero attached hydrogens (tertiary/aromatic N) is 3. The van der Waals surface area contributed by atoms with Crippen LogP contribution in [0, 0.1) is 6.92 Å². The zero-order chi connectivity index (χ0) is 10.8. The largest absolute Gasteiger partial charge is 0.245 e. The molecule has 0 saturated heterocycles. The maximum absolute atomic E-state index is 4.21. The summed E-state index contributed by atoms with van der Waals surface area (Å²) in [6.45, 7) is 8.90. The summed E-state index contributed by atoms with van der Waals surface area (Å²) in [5.41, 5.74) is 4.39. The highest BCUT2D eigenvalue weighted by Gasteiger charge is 2.07. The van der Waals surface area contributed by atoms with Gasteiger partial charge < -0.3 is 0 Å². The lowest BCUT2D eigenvalue weighted by molar-refractivity contribution is 0.596. The lowest BCUT2D eigenvalue weighted by Crippen LogP contribution is -1.98. The van der Waals surface area contributed by atoms with E-state index in [1.54, 1.807) is 0 Å². The fourth-order valence-electron chi connectivity index (χ4n) is 1.78. The van der Waals surface area contributed by atoms with Gasteiger partial charge in [0.05, 0.1) is 5.52 Å². The summed E-state index contributed by atoms with van der Waals surface area (Å²) < 4.78 is 1.95. The van der Waals surface area contributed by atoms with Gasteiger partial charge in [-0.1, -0.05) is 30.9 Å². The first kappa shape index (κ1) is 9.90. The molecule has 3 nitrogen and oxygen atoms in total. The van der Waals surface area contributed by atoms with Crippen LogP contribution < -0.4 is 0 Å². The number of hydrogen-bond acceptors (Lipinski definition) is 2. The zero-order valence-corrected chi connectivity index (χ0v) is 9.20. The molecule has 0 unspecified atom stereocenters. The van der Waals surface area contributed by atoms with E-state index in [4.69, 9.17) is 0 Å². The van der Waals surface area contributed by atoms with Crippen molar-refractivity contribution in [2.45, 2.75) is 26.8 Å². The standard InChI is InChI=1S/C12H15N3/c1-4-8-15-11-7-6-10(5-2)9(3)12(11)13-14-15/h5-7H,2,4,8H2,1,3H3. The predicted octanol–water partition coefficient (Wildman–Crippen LogP) is 2.79. The van der Waals surface area contributed by atoms with Crippen LogP contribution in [0.2, 0.25) is 0 Å². The van der Waals surface area contributed by atoms with Crippen molar-refractivity contribution in [3.8, 4) is 0 Å². The SMILES string of the molecule is C=Cc1ccc2c(nnn2CCC)c1C. The topological polar surface area (TPSA) is 30.7 Å². The first-order valence-corrected chi connectivity index (χ1v) is 5.23. The molecule has 1 aromatic carbocycles. The van der Waals surface area contributed by atoms with Gasteiger partial charge in [-0.2, -0.15) is 0 Å². The number of aryl methyl sites for hydroxylation is 2. The molecule has 2 rings (SSSR count). The fraction of sp³-hybridized carbons (Fsp3) is 0.333. The van der Waals surface area contributed by atoms with E-state index in [-0.39, 0.29) is 0 Å². The van der Waals surface area contributed by atoms with Crippen LogP contribution in [0.15, 0.2) is 18.7 Å². The average Bonchev–Trinajstić information content (AvgIpc) is 2.64. The molecule has 1 aromatic heterocycles. The maximum atomic E-state index is 4.21. The van der Waals surface area contributed by atoms with Gasteiger partial charge in [-0.3, -0.25) is 0 Å². The summed E-state index contributed by atoms with van der Waals surface area (Å²) in [6, 6.07) is 4.13. The second-order valence-corrected chi connectivity index (χ2v) is 3.66. The lowest BCUT2D eigenvalue weighted by atomic mass is 10.1. The molecule has 0 fully saturated rings. The van der Waals surface area contributed by atoms with E-state index < -0.39 is 0 Å². The van der Waals surface area contributed by atoms with Crippen molar-refractivity contribution in [1.29, 1.82) is 0 Å². The quantitative estimate of drug-likeness (QED) is 0.764. The molecule has 3 heteroatoms. The van der Waals surface area contributed by atoms with E-state index in [1.807, 2.05) is 10.8 Å². The molecule has 0 bridgehead atoms. The Kier molecular flexibility index (Phi) is 2.54. The van der Waals surface area contributed by atoms with Crippen LogP contribution in [-0.4, -0.2) is 15.0 Å². The Morgan fingerprint density at radius 2 is 2.27 bits per heavy atom.